The SMILES string of the molecule is CCNC(=NCc1cccc(C(=O)NCC2CCCO2)c1)N1CCSC(CC)C1.I. The molecule has 0 radical (unpaired) electrons. The number of nitrogens with zero attached hydrogens (tertiary/aromatic N) is 2. The van der Waals surface area contributed by atoms with Crippen molar-refractivity contribution in [2.24, 2.45) is 4.99 Å². The molecule has 2 N–H and O–H groups in total. The third kappa shape index (κ3) is 7.60. The van der Waals surface area contributed by atoms with Gasteiger partial charge in [-0.1, -0.05) is 19.1 Å². The Labute approximate surface area is 202 Å². The Hall–Kier alpha value is -1.00. The number of benzene rings is 1. The summed E-state index contributed by atoms with van der Waals surface area (Å²) in [5.74, 6) is 2.07. The second-order valence-corrected chi connectivity index (χ2v) is 8.97. The Balaban J connectivity index is 0.00000320. The van der Waals surface area contributed by atoms with Crippen LogP contribution in [0.4, 0.5) is 0 Å². The highest BCUT2D eigenvalue weighted by Crippen LogP contribution is 2.21. The van der Waals surface area contributed by atoms with Gasteiger partial charge in [0.15, 0.2) is 5.96 Å². The van der Waals surface area contributed by atoms with Crippen molar-refractivity contribution < 1.29 is 9.53 Å². The molecule has 2 fully saturated rings. The molecule has 1 aromatic carbocycles. The van der Waals surface area contributed by atoms with Crippen LogP contribution in [0.3, 0.4) is 0 Å². The summed E-state index contributed by atoms with van der Waals surface area (Å²) >= 11 is 2.06. The third-order valence-electron chi connectivity index (χ3n) is 5.34. The molecule has 2 unspecified atom stereocenters. The highest BCUT2D eigenvalue weighted by Gasteiger charge is 2.21. The Morgan fingerprint density at radius 2 is 2.20 bits per heavy atom. The molecule has 0 saturated carbocycles. The van der Waals surface area contributed by atoms with E-state index in [0.29, 0.717) is 23.9 Å². The molecule has 0 aliphatic carbocycles. The van der Waals surface area contributed by atoms with Gasteiger partial charge in [-0.15, -0.1) is 24.0 Å². The second kappa shape index (κ2) is 13.4. The van der Waals surface area contributed by atoms with Gasteiger partial charge in [-0.05, 0) is 43.9 Å². The van der Waals surface area contributed by atoms with Crippen LogP contribution in [-0.4, -0.2) is 66.7 Å². The van der Waals surface area contributed by atoms with Crippen molar-refractivity contribution in [1.82, 2.24) is 15.5 Å². The standard InChI is InChI=1S/C22H34N4O2S.HI/c1-3-20-16-26(10-12-29-20)22(23-4-2)25-14-17-7-5-8-18(13-17)21(27)24-15-19-9-6-11-28-19;/h5,7-8,13,19-20H,3-4,6,9-12,14-16H2,1-2H3,(H,23,25)(H,24,27);1H. The monoisotopic (exact) mass is 546 g/mol. The normalized spacial score (nSPS) is 21.8. The van der Waals surface area contributed by atoms with Crippen LogP contribution in [0.25, 0.3) is 0 Å². The number of ether oxygens (including phenoxy) is 1. The predicted octanol–water partition coefficient (Wildman–Crippen LogP) is 3.51. The summed E-state index contributed by atoms with van der Waals surface area (Å²) in [4.78, 5) is 19.7. The summed E-state index contributed by atoms with van der Waals surface area (Å²) in [7, 11) is 0. The first kappa shape index (κ1) is 25.3. The first-order valence-corrected chi connectivity index (χ1v) is 11.9. The second-order valence-electron chi connectivity index (χ2n) is 7.56. The number of aliphatic imine (C=N–C) groups is 1. The maximum Gasteiger partial charge on any atom is 0.251 e. The average Bonchev–Trinajstić information content (AvgIpc) is 3.29. The zero-order valence-corrected chi connectivity index (χ0v) is 21.2. The van der Waals surface area contributed by atoms with Crippen molar-refractivity contribution >= 4 is 47.6 Å². The Bertz CT molecular complexity index is 697. The molecule has 1 amide bonds. The minimum absolute atomic E-state index is 0. The molecule has 3 rings (SSSR count). The Kier molecular flexibility index (Phi) is 11.3. The lowest BCUT2D eigenvalue weighted by Crippen LogP contribution is -2.48. The van der Waals surface area contributed by atoms with E-state index in [9.17, 15) is 4.79 Å². The van der Waals surface area contributed by atoms with E-state index in [4.69, 9.17) is 9.73 Å². The van der Waals surface area contributed by atoms with Crippen LogP contribution in [0.5, 0.6) is 0 Å². The molecule has 30 heavy (non-hydrogen) atoms. The van der Waals surface area contributed by atoms with E-state index in [-0.39, 0.29) is 36.0 Å². The fourth-order valence-corrected chi connectivity index (χ4v) is 4.86. The van der Waals surface area contributed by atoms with E-state index >= 15 is 0 Å². The van der Waals surface area contributed by atoms with Gasteiger partial charge < -0.3 is 20.3 Å². The fraction of sp³-hybridized carbons (Fsp3) is 0.636. The summed E-state index contributed by atoms with van der Waals surface area (Å²) in [6.07, 6.45) is 3.44. The van der Waals surface area contributed by atoms with Crippen molar-refractivity contribution in [3.05, 3.63) is 35.4 Å². The molecule has 2 heterocycles. The van der Waals surface area contributed by atoms with Crippen LogP contribution in [0.1, 0.15) is 49.0 Å². The Morgan fingerprint density at radius 3 is 2.93 bits per heavy atom. The summed E-state index contributed by atoms with van der Waals surface area (Å²) in [6.45, 7) is 9.22. The number of halogens is 1. The number of thioether (sulfide) groups is 1. The van der Waals surface area contributed by atoms with Gasteiger partial charge in [0.1, 0.15) is 0 Å². The number of carbonyl (C=O) groups is 1. The van der Waals surface area contributed by atoms with Crippen molar-refractivity contribution in [2.45, 2.75) is 51.0 Å². The number of hydrogen-bond donors (Lipinski definition) is 2. The van der Waals surface area contributed by atoms with E-state index in [1.165, 1.54) is 6.42 Å². The predicted molar refractivity (Wildman–Crippen MR) is 136 cm³/mol. The van der Waals surface area contributed by atoms with Gasteiger partial charge in [0.2, 0.25) is 0 Å². The minimum Gasteiger partial charge on any atom is -0.376 e. The maximum atomic E-state index is 12.5. The largest absolute Gasteiger partial charge is 0.376 e. The topological polar surface area (TPSA) is 66.0 Å². The first-order chi connectivity index (χ1) is 14.2. The highest BCUT2D eigenvalue weighted by atomic mass is 127. The molecule has 168 valence electrons. The number of hydrogen-bond acceptors (Lipinski definition) is 4. The van der Waals surface area contributed by atoms with E-state index in [2.05, 4.69) is 41.1 Å². The summed E-state index contributed by atoms with van der Waals surface area (Å²) in [5.41, 5.74) is 1.73. The molecule has 0 spiro atoms. The zero-order chi connectivity index (χ0) is 20.5. The fourth-order valence-electron chi connectivity index (χ4n) is 3.68. The summed E-state index contributed by atoms with van der Waals surface area (Å²) < 4.78 is 5.58. The van der Waals surface area contributed by atoms with Crippen LogP contribution in [0, 0.1) is 0 Å². The number of amides is 1. The lowest BCUT2D eigenvalue weighted by molar-refractivity contribution is 0.0857. The smallest absolute Gasteiger partial charge is 0.251 e. The maximum absolute atomic E-state index is 12.5. The molecule has 8 heteroatoms. The van der Waals surface area contributed by atoms with Gasteiger partial charge in [-0.25, -0.2) is 4.99 Å². The molecule has 1 aromatic rings. The van der Waals surface area contributed by atoms with Crippen LogP contribution < -0.4 is 10.6 Å². The molecule has 0 aromatic heterocycles. The third-order valence-corrected chi connectivity index (χ3v) is 6.72. The van der Waals surface area contributed by atoms with Crippen LogP contribution in [0.15, 0.2) is 29.3 Å². The molecular weight excluding hydrogens is 511 g/mol. The number of rotatable bonds is 7. The van der Waals surface area contributed by atoms with E-state index < -0.39 is 0 Å². The summed E-state index contributed by atoms with van der Waals surface area (Å²) in [6, 6.07) is 7.77. The van der Waals surface area contributed by atoms with Crippen molar-refractivity contribution in [2.75, 3.05) is 38.5 Å². The van der Waals surface area contributed by atoms with Gasteiger partial charge in [0.25, 0.3) is 5.91 Å². The molecule has 2 aliphatic heterocycles. The lowest BCUT2D eigenvalue weighted by atomic mass is 10.1. The van der Waals surface area contributed by atoms with Gasteiger partial charge in [0, 0.05) is 49.4 Å². The van der Waals surface area contributed by atoms with Gasteiger partial charge in [0.05, 0.1) is 12.6 Å². The van der Waals surface area contributed by atoms with Crippen molar-refractivity contribution in [3.63, 3.8) is 0 Å². The van der Waals surface area contributed by atoms with E-state index in [1.807, 2.05) is 24.3 Å². The van der Waals surface area contributed by atoms with Crippen molar-refractivity contribution in [1.29, 1.82) is 0 Å². The number of nitrogens with one attached hydrogen (secondary N) is 2. The Morgan fingerprint density at radius 1 is 1.33 bits per heavy atom. The minimum atomic E-state index is -0.0444. The molecule has 2 atom stereocenters. The first-order valence-electron chi connectivity index (χ1n) is 10.8. The van der Waals surface area contributed by atoms with Crippen LogP contribution >= 0.6 is 35.7 Å². The van der Waals surface area contributed by atoms with Crippen LogP contribution in [-0.2, 0) is 11.3 Å². The van der Waals surface area contributed by atoms with Gasteiger partial charge >= 0.3 is 0 Å². The van der Waals surface area contributed by atoms with E-state index in [1.54, 1.807) is 0 Å². The van der Waals surface area contributed by atoms with Crippen molar-refractivity contribution in [3.8, 4) is 0 Å². The lowest BCUT2D eigenvalue weighted by Gasteiger charge is -2.34. The van der Waals surface area contributed by atoms with Gasteiger partial charge in [-0.3, -0.25) is 4.79 Å². The molecular formula is C22H35IN4O2S. The average molecular weight is 547 g/mol. The molecule has 0 bridgehead atoms. The molecule has 2 saturated heterocycles. The highest BCUT2D eigenvalue weighted by molar-refractivity contribution is 14.0. The summed E-state index contributed by atoms with van der Waals surface area (Å²) in [5, 5.41) is 7.09. The van der Waals surface area contributed by atoms with Crippen LogP contribution in [0.2, 0.25) is 0 Å². The van der Waals surface area contributed by atoms with E-state index in [0.717, 1.165) is 56.4 Å². The quantitative estimate of drug-likeness (QED) is 0.312. The van der Waals surface area contributed by atoms with Gasteiger partial charge in [-0.2, -0.15) is 11.8 Å². The zero-order valence-electron chi connectivity index (χ0n) is 18.1. The number of guanidine groups is 1. The number of carbonyl (C=O) groups excluding carboxylic acids is 1. The molecule has 2 aliphatic rings. The molecule has 6 nitrogen and oxygen atoms in total.